The van der Waals surface area contributed by atoms with Crippen LogP contribution in [0.4, 0.5) is 18.9 Å². The maximum atomic E-state index is 12.6. The van der Waals surface area contributed by atoms with Gasteiger partial charge in [-0.3, -0.25) is 14.9 Å². The number of hydrogen-bond acceptors (Lipinski definition) is 3. The van der Waals surface area contributed by atoms with E-state index in [-0.39, 0.29) is 12.1 Å². The van der Waals surface area contributed by atoms with E-state index >= 15 is 0 Å². The summed E-state index contributed by atoms with van der Waals surface area (Å²) in [5.74, 6) is -1.00. The number of benzene rings is 1. The van der Waals surface area contributed by atoms with Gasteiger partial charge in [-0.2, -0.15) is 13.2 Å². The Bertz CT molecular complexity index is 545. The highest BCUT2D eigenvalue weighted by atomic mass is 79.9. The van der Waals surface area contributed by atoms with Crippen molar-refractivity contribution in [2.75, 3.05) is 5.32 Å². The zero-order chi connectivity index (χ0) is 14.2. The number of halogens is 4. The molecule has 2 rings (SSSR count). The highest BCUT2D eigenvalue weighted by Crippen LogP contribution is 2.34. The summed E-state index contributed by atoms with van der Waals surface area (Å²) in [7, 11) is 0. The van der Waals surface area contributed by atoms with Crippen molar-refractivity contribution in [1.29, 1.82) is 0 Å². The van der Waals surface area contributed by atoms with Gasteiger partial charge in [-0.25, -0.2) is 0 Å². The van der Waals surface area contributed by atoms with Crippen LogP contribution >= 0.6 is 15.9 Å². The summed E-state index contributed by atoms with van der Waals surface area (Å²) in [6, 6.07) is 2.20. The molecule has 1 atom stereocenters. The maximum Gasteiger partial charge on any atom is 0.416 e. The molecule has 102 valence electrons. The number of amides is 2. The molecule has 0 aliphatic carbocycles. The first-order valence-electron chi connectivity index (χ1n) is 5.24. The molecule has 1 aliphatic heterocycles. The van der Waals surface area contributed by atoms with Crippen LogP contribution in [0.3, 0.4) is 0 Å². The summed E-state index contributed by atoms with van der Waals surface area (Å²) in [6.07, 6.45) is -4.56. The molecule has 1 saturated heterocycles. The summed E-state index contributed by atoms with van der Waals surface area (Å²) < 4.78 is 38.1. The van der Waals surface area contributed by atoms with E-state index in [1.54, 1.807) is 0 Å². The minimum absolute atomic E-state index is 0.0957. The molecule has 4 nitrogen and oxygen atoms in total. The van der Waals surface area contributed by atoms with E-state index in [0.717, 1.165) is 12.1 Å². The molecule has 1 fully saturated rings. The molecule has 0 radical (unpaired) electrons. The molecular formula is C11H8BrF3N2O2. The second-order valence-electron chi connectivity index (χ2n) is 4.01. The van der Waals surface area contributed by atoms with E-state index < -0.39 is 29.6 Å². The third-order valence-electron chi connectivity index (χ3n) is 2.59. The molecular weight excluding hydrogens is 329 g/mol. The Balaban J connectivity index is 2.25. The lowest BCUT2D eigenvalue weighted by Crippen LogP contribution is -2.30. The molecule has 2 amide bonds. The Morgan fingerprint density at radius 3 is 2.53 bits per heavy atom. The smallest absolute Gasteiger partial charge is 0.372 e. The van der Waals surface area contributed by atoms with Crippen molar-refractivity contribution in [3.8, 4) is 0 Å². The van der Waals surface area contributed by atoms with Crippen molar-refractivity contribution in [3.05, 3.63) is 28.2 Å². The van der Waals surface area contributed by atoms with Gasteiger partial charge in [0.15, 0.2) is 0 Å². The number of carbonyl (C=O) groups is 2. The largest absolute Gasteiger partial charge is 0.416 e. The molecule has 0 saturated carbocycles. The lowest BCUT2D eigenvalue weighted by Gasteiger charge is -2.15. The van der Waals surface area contributed by atoms with Gasteiger partial charge in [0.25, 0.3) is 0 Å². The number of anilines is 1. The Labute approximate surface area is 114 Å². The van der Waals surface area contributed by atoms with Crippen LogP contribution < -0.4 is 10.6 Å². The van der Waals surface area contributed by atoms with E-state index in [9.17, 15) is 22.8 Å². The van der Waals surface area contributed by atoms with Crippen LogP contribution in [0.2, 0.25) is 0 Å². The molecule has 1 unspecified atom stereocenters. The highest BCUT2D eigenvalue weighted by molar-refractivity contribution is 9.10. The first-order valence-corrected chi connectivity index (χ1v) is 6.03. The lowest BCUT2D eigenvalue weighted by atomic mass is 10.1. The number of rotatable bonds is 2. The Morgan fingerprint density at radius 1 is 1.32 bits per heavy atom. The fourth-order valence-electron chi connectivity index (χ4n) is 1.67. The van der Waals surface area contributed by atoms with Crippen molar-refractivity contribution in [1.82, 2.24) is 5.32 Å². The predicted molar refractivity (Wildman–Crippen MR) is 64.3 cm³/mol. The quantitative estimate of drug-likeness (QED) is 0.815. The van der Waals surface area contributed by atoms with Crippen LogP contribution in [-0.4, -0.2) is 17.9 Å². The summed E-state index contributed by atoms with van der Waals surface area (Å²) in [5.41, 5.74) is -0.715. The summed E-state index contributed by atoms with van der Waals surface area (Å²) in [6.45, 7) is 0. The molecule has 1 aromatic carbocycles. The van der Waals surface area contributed by atoms with E-state index in [4.69, 9.17) is 0 Å². The fraction of sp³-hybridized carbons (Fsp3) is 0.273. The van der Waals surface area contributed by atoms with Crippen LogP contribution in [0.1, 0.15) is 12.0 Å². The third kappa shape index (κ3) is 3.06. The van der Waals surface area contributed by atoms with Crippen LogP contribution in [0.25, 0.3) is 0 Å². The molecule has 1 aromatic rings. The average Bonchev–Trinajstić information content (AvgIpc) is 2.59. The maximum absolute atomic E-state index is 12.6. The number of alkyl halides is 3. The Hall–Kier alpha value is -1.57. The summed E-state index contributed by atoms with van der Waals surface area (Å²) >= 11 is 3.09. The number of imide groups is 1. The predicted octanol–water partition coefficient (Wildman–Crippen LogP) is 2.29. The molecule has 0 bridgehead atoms. The van der Waals surface area contributed by atoms with Gasteiger partial charge in [-0.05, 0) is 34.1 Å². The molecule has 8 heteroatoms. The van der Waals surface area contributed by atoms with Crippen molar-refractivity contribution >= 4 is 33.4 Å². The van der Waals surface area contributed by atoms with Crippen molar-refractivity contribution in [3.63, 3.8) is 0 Å². The molecule has 2 N–H and O–H groups in total. The van der Waals surface area contributed by atoms with Gasteiger partial charge >= 0.3 is 6.18 Å². The number of hydrogen-bond donors (Lipinski definition) is 2. The fourth-order valence-corrected chi connectivity index (χ4v) is 2.03. The Kier molecular flexibility index (Phi) is 3.53. The van der Waals surface area contributed by atoms with Gasteiger partial charge in [0.05, 0.1) is 12.0 Å². The molecule has 0 spiro atoms. The zero-order valence-corrected chi connectivity index (χ0v) is 10.9. The van der Waals surface area contributed by atoms with Crippen molar-refractivity contribution in [2.45, 2.75) is 18.6 Å². The highest BCUT2D eigenvalue weighted by Gasteiger charge is 2.33. The molecule has 0 aromatic heterocycles. The van der Waals surface area contributed by atoms with Gasteiger partial charge in [-0.1, -0.05) is 0 Å². The summed E-state index contributed by atoms with van der Waals surface area (Å²) in [4.78, 5) is 22.4. The lowest BCUT2D eigenvalue weighted by molar-refractivity contribution is -0.137. The van der Waals surface area contributed by atoms with Crippen molar-refractivity contribution in [2.24, 2.45) is 0 Å². The van der Waals surface area contributed by atoms with Crippen LogP contribution in [0, 0.1) is 0 Å². The molecule has 1 heterocycles. The van der Waals surface area contributed by atoms with E-state index in [0.29, 0.717) is 4.47 Å². The van der Waals surface area contributed by atoms with Crippen LogP contribution in [0.15, 0.2) is 22.7 Å². The van der Waals surface area contributed by atoms with Gasteiger partial charge in [0, 0.05) is 10.2 Å². The normalized spacial score (nSPS) is 19.5. The van der Waals surface area contributed by atoms with Crippen molar-refractivity contribution < 1.29 is 22.8 Å². The Morgan fingerprint density at radius 2 is 2.00 bits per heavy atom. The third-order valence-corrected chi connectivity index (χ3v) is 3.28. The van der Waals surface area contributed by atoms with Crippen LogP contribution in [0.5, 0.6) is 0 Å². The van der Waals surface area contributed by atoms with Crippen LogP contribution in [-0.2, 0) is 15.8 Å². The van der Waals surface area contributed by atoms with Gasteiger partial charge in [0.2, 0.25) is 11.8 Å². The molecule has 19 heavy (non-hydrogen) atoms. The topological polar surface area (TPSA) is 58.2 Å². The molecule has 1 aliphatic rings. The monoisotopic (exact) mass is 336 g/mol. The van der Waals surface area contributed by atoms with E-state index in [1.807, 2.05) is 0 Å². The zero-order valence-electron chi connectivity index (χ0n) is 9.34. The first-order chi connectivity index (χ1) is 8.77. The van der Waals surface area contributed by atoms with E-state index in [2.05, 4.69) is 26.6 Å². The average molecular weight is 337 g/mol. The first kappa shape index (κ1) is 13.9. The number of nitrogens with one attached hydrogen (secondary N) is 2. The second-order valence-corrected chi connectivity index (χ2v) is 4.86. The van der Waals surface area contributed by atoms with Gasteiger partial charge in [-0.15, -0.1) is 0 Å². The van der Waals surface area contributed by atoms with E-state index in [1.165, 1.54) is 6.07 Å². The minimum atomic E-state index is -4.47. The number of carbonyl (C=O) groups excluding carboxylic acids is 2. The standard InChI is InChI=1S/C11H8BrF3N2O2/c12-6-2-1-5(11(13,14)15)3-7(6)16-8-4-9(18)17-10(8)19/h1-3,8,16H,4H2,(H,17,18,19). The van der Waals surface area contributed by atoms with Gasteiger partial charge < -0.3 is 5.32 Å². The SMILES string of the molecule is O=C1CC(Nc2cc(C(F)(F)F)ccc2Br)C(=O)N1. The minimum Gasteiger partial charge on any atom is -0.372 e. The van der Waals surface area contributed by atoms with Gasteiger partial charge in [0.1, 0.15) is 6.04 Å². The second kappa shape index (κ2) is 4.84. The summed E-state index contributed by atoms with van der Waals surface area (Å²) in [5, 5.41) is 4.70.